The van der Waals surface area contributed by atoms with Gasteiger partial charge in [-0.05, 0) is 50.1 Å². The molecule has 0 aliphatic rings. The summed E-state index contributed by atoms with van der Waals surface area (Å²) in [5.74, 6) is 0. The highest BCUT2D eigenvalue weighted by Crippen LogP contribution is 2.27. The number of nitrogens with one attached hydrogen (secondary N) is 1. The quantitative estimate of drug-likeness (QED) is 0.774. The van der Waals surface area contributed by atoms with Crippen LogP contribution >= 0.6 is 0 Å². The first-order valence-corrected chi connectivity index (χ1v) is 5.64. The van der Waals surface area contributed by atoms with Crippen molar-refractivity contribution in [2.45, 2.75) is 20.8 Å². The van der Waals surface area contributed by atoms with Gasteiger partial charge < -0.3 is 11.1 Å². The zero-order valence-corrected chi connectivity index (χ0v) is 10.4. The van der Waals surface area contributed by atoms with Crippen molar-refractivity contribution in [1.82, 2.24) is 4.98 Å². The summed E-state index contributed by atoms with van der Waals surface area (Å²) < 4.78 is 0. The number of aryl methyl sites for hydroxylation is 2. The molecular formula is C14H17N3. The van der Waals surface area contributed by atoms with Crippen LogP contribution in [0.1, 0.15) is 16.8 Å². The number of hydrogen-bond acceptors (Lipinski definition) is 3. The van der Waals surface area contributed by atoms with Crippen molar-refractivity contribution in [2.24, 2.45) is 0 Å². The Morgan fingerprint density at radius 2 is 1.82 bits per heavy atom. The van der Waals surface area contributed by atoms with E-state index in [1.54, 1.807) is 6.20 Å². The second-order valence-electron chi connectivity index (χ2n) is 4.23. The molecule has 2 aromatic rings. The molecule has 0 spiro atoms. The van der Waals surface area contributed by atoms with Crippen molar-refractivity contribution < 1.29 is 0 Å². The first-order chi connectivity index (χ1) is 8.09. The summed E-state index contributed by atoms with van der Waals surface area (Å²) in [5, 5.41) is 3.37. The molecule has 0 bridgehead atoms. The first-order valence-electron chi connectivity index (χ1n) is 5.64. The van der Waals surface area contributed by atoms with E-state index in [9.17, 15) is 0 Å². The molecule has 0 aliphatic carbocycles. The molecule has 0 fully saturated rings. The van der Waals surface area contributed by atoms with E-state index in [2.05, 4.69) is 10.3 Å². The number of benzene rings is 1. The van der Waals surface area contributed by atoms with Gasteiger partial charge in [-0.3, -0.25) is 4.98 Å². The lowest BCUT2D eigenvalue weighted by molar-refractivity contribution is 1.20. The summed E-state index contributed by atoms with van der Waals surface area (Å²) in [6.45, 7) is 6.02. The van der Waals surface area contributed by atoms with Crippen LogP contribution in [0.25, 0.3) is 0 Å². The molecular weight excluding hydrogens is 210 g/mol. The SMILES string of the molecule is Cc1ccc(Nc2cccnc2C)c(C)c1N. The van der Waals surface area contributed by atoms with Crippen LogP contribution in [0.3, 0.4) is 0 Å². The van der Waals surface area contributed by atoms with E-state index < -0.39 is 0 Å². The molecule has 0 atom stereocenters. The number of aromatic nitrogens is 1. The third-order valence-corrected chi connectivity index (χ3v) is 3.01. The minimum atomic E-state index is 0.844. The Morgan fingerprint density at radius 3 is 2.53 bits per heavy atom. The fourth-order valence-electron chi connectivity index (χ4n) is 1.76. The highest BCUT2D eigenvalue weighted by Gasteiger charge is 2.05. The summed E-state index contributed by atoms with van der Waals surface area (Å²) in [6, 6.07) is 8.00. The van der Waals surface area contributed by atoms with Crippen LogP contribution in [-0.4, -0.2) is 4.98 Å². The Bertz CT molecular complexity index is 547. The van der Waals surface area contributed by atoms with E-state index >= 15 is 0 Å². The molecule has 1 aromatic heterocycles. The van der Waals surface area contributed by atoms with Crippen LogP contribution in [-0.2, 0) is 0 Å². The molecule has 0 radical (unpaired) electrons. The predicted molar refractivity (Wildman–Crippen MR) is 72.6 cm³/mol. The van der Waals surface area contributed by atoms with E-state index in [1.165, 1.54) is 0 Å². The van der Waals surface area contributed by atoms with Crippen molar-refractivity contribution >= 4 is 17.1 Å². The van der Waals surface area contributed by atoms with Crippen molar-refractivity contribution in [2.75, 3.05) is 11.1 Å². The van der Waals surface area contributed by atoms with E-state index in [4.69, 9.17) is 5.73 Å². The molecule has 0 aliphatic heterocycles. The van der Waals surface area contributed by atoms with Crippen LogP contribution in [0.5, 0.6) is 0 Å². The van der Waals surface area contributed by atoms with Gasteiger partial charge in [0.05, 0.1) is 11.4 Å². The molecule has 3 N–H and O–H groups in total. The van der Waals surface area contributed by atoms with E-state index in [0.29, 0.717) is 0 Å². The minimum absolute atomic E-state index is 0.844. The third-order valence-electron chi connectivity index (χ3n) is 3.01. The smallest absolute Gasteiger partial charge is 0.0607 e. The largest absolute Gasteiger partial charge is 0.398 e. The lowest BCUT2D eigenvalue weighted by atomic mass is 10.1. The number of anilines is 3. The van der Waals surface area contributed by atoms with E-state index in [1.807, 2.05) is 45.0 Å². The standard InChI is InChI=1S/C14H17N3/c1-9-6-7-12(10(2)14(9)15)17-13-5-4-8-16-11(13)3/h4-8,17H,15H2,1-3H3. The van der Waals surface area contributed by atoms with Gasteiger partial charge in [0.2, 0.25) is 0 Å². The maximum atomic E-state index is 6.02. The molecule has 1 aromatic carbocycles. The predicted octanol–water partition coefficient (Wildman–Crippen LogP) is 3.33. The van der Waals surface area contributed by atoms with Crippen molar-refractivity contribution in [3.8, 4) is 0 Å². The zero-order chi connectivity index (χ0) is 12.4. The third kappa shape index (κ3) is 2.23. The molecule has 0 saturated heterocycles. The van der Waals surface area contributed by atoms with Crippen molar-refractivity contribution in [3.63, 3.8) is 0 Å². The molecule has 1 heterocycles. The van der Waals surface area contributed by atoms with Crippen LogP contribution in [0.2, 0.25) is 0 Å². The average molecular weight is 227 g/mol. The fourth-order valence-corrected chi connectivity index (χ4v) is 1.76. The number of pyridine rings is 1. The van der Waals surface area contributed by atoms with Gasteiger partial charge >= 0.3 is 0 Å². The van der Waals surface area contributed by atoms with Crippen molar-refractivity contribution in [3.05, 3.63) is 47.3 Å². The van der Waals surface area contributed by atoms with Gasteiger partial charge in [0.15, 0.2) is 0 Å². The first kappa shape index (κ1) is 11.5. The zero-order valence-electron chi connectivity index (χ0n) is 10.4. The molecule has 0 saturated carbocycles. The number of rotatable bonds is 2. The highest BCUT2D eigenvalue weighted by atomic mass is 14.9. The lowest BCUT2D eigenvalue weighted by Crippen LogP contribution is -2.00. The maximum Gasteiger partial charge on any atom is 0.0607 e. The fraction of sp³-hybridized carbons (Fsp3) is 0.214. The van der Waals surface area contributed by atoms with E-state index in [0.717, 1.165) is 33.9 Å². The highest BCUT2D eigenvalue weighted by molar-refractivity contribution is 5.71. The Hall–Kier alpha value is -2.03. The molecule has 0 amide bonds. The number of nitrogen functional groups attached to an aromatic ring is 1. The normalized spacial score (nSPS) is 10.3. The van der Waals surface area contributed by atoms with Gasteiger partial charge in [0.1, 0.15) is 0 Å². The monoisotopic (exact) mass is 227 g/mol. The Morgan fingerprint density at radius 1 is 1.06 bits per heavy atom. The summed E-state index contributed by atoms with van der Waals surface area (Å²) in [7, 11) is 0. The maximum absolute atomic E-state index is 6.02. The topological polar surface area (TPSA) is 50.9 Å². The Labute approximate surface area is 102 Å². The van der Waals surface area contributed by atoms with Gasteiger partial charge in [-0.15, -0.1) is 0 Å². The van der Waals surface area contributed by atoms with Gasteiger partial charge in [0, 0.05) is 17.6 Å². The summed E-state index contributed by atoms with van der Waals surface area (Å²) in [5.41, 5.74) is 12.1. The number of nitrogens with two attached hydrogens (primary N) is 1. The van der Waals surface area contributed by atoms with Gasteiger partial charge in [-0.2, -0.15) is 0 Å². The Kier molecular flexibility index (Phi) is 3.00. The second kappa shape index (κ2) is 4.45. The van der Waals surface area contributed by atoms with Gasteiger partial charge in [-0.1, -0.05) is 6.07 Å². The van der Waals surface area contributed by atoms with Crippen LogP contribution in [0.15, 0.2) is 30.5 Å². The minimum Gasteiger partial charge on any atom is -0.398 e. The number of nitrogens with zero attached hydrogens (tertiary/aromatic N) is 1. The van der Waals surface area contributed by atoms with Crippen LogP contribution < -0.4 is 11.1 Å². The van der Waals surface area contributed by atoms with E-state index in [-0.39, 0.29) is 0 Å². The van der Waals surface area contributed by atoms with Crippen LogP contribution in [0, 0.1) is 20.8 Å². The Balaban J connectivity index is 2.38. The summed E-state index contributed by atoms with van der Waals surface area (Å²) in [4.78, 5) is 4.25. The van der Waals surface area contributed by atoms with Gasteiger partial charge in [-0.25, -0.2) is 0 Å². The molecule has 0 unspecified atom stereocenters. The van der Waals surface area contributed by atoms with Crippen molar-refractivity contribution in [1.29, 1.82) is 0 Å². The second-order valence-corrected chi connectivity index (χ2v) is 4.23. The summed E-state index contributed by atoms with van der Waals surface area (Å²) >= 11 is 0. The molecule has 3 nitrogen and oxygen atoms in total. The van der Waals surface area contributed by atoms with Crippen LogP contribution in [0.4, 0.5) is 17.1 Å². The number of hydrogen-bond donors (Lipinski definition) is 2. The average Bonchev–Trinajstić information content (AvgIpc) is 2.32. The molecule has 88 valence electrons. The summed E-state index contributed by atoms with van der Waals surface area (Å²) in [6.07, 6.45) is 1.79. The molecule has 2 rings (SSSR count). The molecule has 17 heavy (non-hydrogen) atoms. The van der Waals surface area contributed by atoms with Gasteiger partial charge in [0.25, 0.3) is 0 Å². The molecule has 3 heteroatoms. The lowest BCUT2D eigenvalue weighted by Gasteiger charge is -2.14.